The lowest BCUT2D eigenvalue weighted by atomic mass is 9.93. The Hall–Kier alpha value is -3.41. The van der Waals surface area contributed by atoms with Gasteiger partial charge in [0, 0.05) is 5.92 Å². The molecule has 2 atom stereocenters. The number of carbonyl (C=O) groups excluding carboxylic acids is 1. The Labute approximate surface area is 212 Å². The molecule has 1 amide bonds. The van der Waals surface area contributed by atoms with E-state index >= 15 is 0 Å². The molecule has 2 bridgehead atoms. The average Bonchev–Trinajstić information content (AvgIpc) is 3.23. The van der Waals surface area contributed by atoms with Crippen molar-refractivity contribution in [2.24, 2.45) is 0 Å². The Kier molecular flexibility index (Phi) is 6.58. The molecule has 0 aromatic heterocycles. The molecular weight excluding hydrogens is 450 g/mol. The number of rotatable bonds is 7. The van der Waals surface area contributed by atoms with Gasteiger partial charge in [0.2, 0.25) is 0 Å². The molecule has 1 aliphatic carbocycles. The number of carbonyl (C=O) groups is 1. The predicted molar refractivity (Wildman–Crippen MR) is 139 cm³/mol. The van der Waals surface area contributed by atoms with Crippen LogP contribution in [-0.2, 0) is 20.8 Å². The molecule has 3 aliphatic rings. The van der Waals surface area contributed by atoms with Gasteiger partial charge < -0.3 is 14.2 Å². The summed E-state index contributed by atoms with van der Waals surface area (Å²) in [5.74, 6) is 0.0649. The van der Waals surface area contributed by atoms with E-state index in [1.54, 1.807) is 0 Å². The van der Waals surface area contributed by atoms with Crippen LogP contribution in [0.4, 0.5) is 4.79 Å². The van der Waals surface area contributed by atoms with Crippen LogP contribution in [0, 0.1) is 0 Å². The molecule has 5 nitrogen and oxygen atoms in total. The van der Waals surface area contributed by atoms with E-state index in [2.05, 4.69) is 66.7 Å². The maximum absolute atomic E-state index is 13.3. The standard InChI is InChI=1S/C31H31NO4/c33-31(36-21-30-28-12-6-4-10-26(28)27-11-5-7-13-29(27)30)32-24-16-23(17-25(32)20-35-19-24)14-15-34-18-22-8-2-1-3-9-22/h1-13,16,24-25,30H,14-15,17-21H2. The first-order valence-electron chi connectivity index (χ1n) is 12.8. The molecule has 6 rings (SSSR count). The number of nitrogens with zero attached hydrogens (tertiary/aromatic N) is 1. The van der Waals surface area contributed by atoms with Crippen molar-refractivity contribution in [1.82, 2.24) is 4.90 Å². The van der Waals surface area contributed by atoms with Crippen LogP contribution in [0.5, 0.6) is 0 Å². The fourth-order valence-electron chi connectivity index (χ4n) is 5.79. The van der Waals surface area contributed by atoms with Crippen LogP contribution in [0.2, 0.25) is 0 Å². The molecule has 1 fully saturated rings. The number of fused-ring (bicyclic) bond motifs is 5. The second kappa shape index (κ2) is 10.3. The first kappa shape index (κ1) is 23.0. The zero-order valence-electron chi connectivity index (χ0n) is 20.3. The molecule has 0 spiro atoms. The van der Waals surface area contributed by atoms with Crippen LogP contribution in [0.1, 0.15) is 35.4 Å². The second-order valence-electron chi connectivity index (χ2n) is 9.79. The van der Waals surface area contributed by atoms with Gasteiger partial charge in [-0.3, -0.25) is 4.90 Å². The average molecular weight is 482 g/mol. The molecule has 3 aromatic rings. The van der Waals surface area contributed by atoms with Crippen LogP contribution in [0.15, 0.2) is 90.5 Å². The molecule has 2 heterocycles. The van der Waals surface area contributed by atoms with Crippen molar-refractivity contribution in [2.45, 2.75) is 37.5 Å². The topological polar surface area (TPSA) is 48.0 Å². The van der Waals surface area contributed by atoms with E-state index in [1.807, 2.05) is 23.1 Å². The van der Waals surface area contributed by atoms with Crippen LogP contribution in [0.25, 0.3) is 11.1 Å². The molecule has 1 saturated heterocycles. The lowest BCUT2D eigenvalue weighted by Gasteiger charge is -2.44. The highest BCUT2D eigenvalue weighted by molar-refractivity contribution is 5.79. The van der Waals surface area contributed by atoms with Crippen molar-refractivity contribution in [1.29, 1.82) is 0 Å². The molecular formula is C31H31NO4. The summed E-state index contributed by atoms with van der Waals surface area (Å²) in [4.78, 5) is 15.2. The molecule has 3 aromatic carbocycles. The van der Waals surface area contributed by atoms with Crippen molar-refractivity contribution < 1.29 is 19.0 Å². The summed E-state index contributed by atoms with van der Waals surface area (Å²) < 4.78 is 17.7. The molecule has 0 saturated carbocycles. The van der Waals surface area contributed by atoms with Gasteiger partial charge in [0.25, 0.3) is 0 Å². The molecule has 36 heavy (non-hydrogen) atoms. The first-order valence-corrected chi connectivity index (χ1v) is 12.8. The van der Waals surface area contributed by atoms with Gasteiger partial charge in [0.1, 0.15) is 6.61 Å². The smallest absolute Gasteiger partial charge is 0.410 e. The summed E-state index contributed by atoms with van der Waals surface area (Å²) in [5.41, 5.74) is 7.45. The van der Waals surface area contributed by atoms with Gasteiger partial charge in [-0.05, 0) is 40.7 Å². The highest BCUT2D eigenvalue weighted by atomic mass is 16.6. The van der Waals surface area contributed by atoms with Gasteiger partial charge >= 0.3 is 6.09 Å². The Morgan fingerprint density at radius 2 is 1.58 bits per heavy atom. The quantitative estimate of drug-likeness (QED) is 0.309. The van der Waals surface area contributed by atoms with E-state index in [0.29, 0.717) is 33.0 Å². The Bertz CT molecular complexity index is 1210. The Balaban J connectivity index is 1.08. The SMILES string of the molecule is O=C(OCC1c2ccccc2-c2ccccc21)N1C2C=C(CCOCc3ccccc3)CC1COC2. The number of benzene rings is 3. The maximum Gasteiger partial charge on any atom is 0.410 e. The highest BCUT2D eigenvalue weighted by Gasteiger charge is 2.39. The van der Waals surface area contributed by atoms with Gasteiger partial charge in [0.15, 0.2) is 0 Å². The fraction of sp³-hybridized carbons (Fsp3) is 0.323. The zero-order valence-corrected chi connectivity index (χ0v) is 20.3. The van der Waals surface area contributed by atoms with Crippen molar-refractivity contribution in [3.8, 4) is 11.1 Å². The van der Waals surface area contributed by atoms with Crippen LogP contribution in [0.3, 0.4) is 0 Å². The van der Waals surface area contributed by atoms with E-state index in [4.69, 9.17) is 14.2 Å². The molecule has 5 heteroatoms. The summed E-state index contributed by atoms with van der Waals surface area (Å²) in [5, 5.41) is 0. The first-order chi connectivity index (χ1) is 17.8. The minimum absolute atomic E-state index is 0.00789. The van der Waals surface area contributed by atoms with Gasteiger partial charge in [-0.1, -0.05) is 90.5 Å². The summed E-state index contributed by atoms with van der Waals surface area (Å²) >= 11 is 0. The van der Waals surface area contributed by atoms with E-state index < -0.39 is 0 Å². The summed E-state index contributed by atoms with van der Waals surface area (Å²) in [6.07, 6.45) is 3.61. The van der Waals surface area contributed by atoms with E-state index in [1.165, 1.54) is 33.4 Å². The molecule has 0 N–H and O–H groups in total. The van der Waals surface area contributed by atoms with Gasteiger partial charge in [-0.2, -0.15) is 0 Å². The molecule has 2 unspecified atom stereocenters. The number of ether oxygens (including phenoxy) is 3. The van der Waals surface area contributed by atoms with Crippen LogP contribution in [-0.4, -0.2) is 49.5 Å². The third kappa shape index (κ3) is 4.57. The van der Waals surface area contributed by atoms with Crippen molar-refractivity contribution in [2.75, 3.05) is 26.4 Å². The fourth-order valence-corrected chi connectivity index (χ4v) is 5.79. The highest BCUT2D eigenvalue weighted by Crippen LogP contribution is 2.44. The normalized spacial score (nSPS) is 20.4. The van der Waals surface area contributed by atoms with Crippen LogP contribution >= 0.6 is 0 Å². The van der Waals surface area contributed by atoms with Gasteiger partial charge in [-0.15, -0.1) is 0 Å². The summed E-state index contributed by atoms with van der Waals surface area (Å²) in [6, 6.07) is 27.0. The molecule has 2 aliphatic heterocycles. The van der Waals surface area contributed by atoms with E-state index in [9.17, 15) is 4.79 Å². The third-order valence-corrected chi connectivity index (χ3v) is 7.50. The minimum atomic E-state index is -0.245. The monoisotopic (exact) mass is 481 g/mol. The largest absolute Gasteiger partial charge is 0.448 e. The number of hydrogen-bond acceptors (Lipinski definition) is 4. The van der Waals surface area contributed by atoms with Crippen LogP contribution < -0.4 is 0 Å². The van der Waals surface area contributed by atoms with Gasteiger partial charge in [0.05, 0.1) is 38.5 Å². The minimum Gasteiger partial charge on any atom is -0.448 e. The summed E-state index contributed by atoms with van der Waals surface area (Å²) in [6.45, 7) is 2.69. The third-order valence-electron chi connectivity index (χ3n) is 7.50. The lowest BCUT2D eigenvalue weighted by Crippen LogP contribution is -2.56. The van der Waals surface area contributed by atoms with Crippen molar-refractivity contribution >= 4 is 6.09 Å². The predicted octanol–water partition coefficient (Wildman–Crippen LogP) is 5.94. The summed E-state index contributed by atoms with van der Waals surface area (Å²) in [7, 11) is 0. The maximum atomic E-state index is 13.3. The van der Waals surface area contributed by atoms with Crippen molar-refractivity contribution in [3.63, 3.8) is 0 Å². The number of hydrogen-bond donors (Lipinski definition) is 0. The van der Waals surface area contributed by atoms with Gasteiger partial charge in [-0.25, -0.2) is 4.79 Å². The van der Waals surface area contributed by atoms with Crippen molar-refractivity contribution in [3.05, 3.63) is 107 Å². The zero-order chi connectivity index (χ0) is 24.3. The number of morpholine rings is 1. The lowest BCUT2D eigenvalue weighted by molar-refractivity contribution is -0.0369. The Morgan fingerprint density at radius 3 is 2.31 bits per heavy atom. The Morgan fingerprint density at radius 1 is 0.889 bits per heavy atom. The number of amides is 1. The van der Waals surface area contributed by atoms with E-state index in [-0.39, 0.29) is 24.1 Å². The molecule has 0 radical (unpaired) electrons. The molecule has 184 valence electrons. The van der Waals surface area contributed by atoms with E-state index in [0.717, 1.165) is 12.8 Å². The second-order valence-corrected chi connectivity index (χ2v) is 9.79.